The molecule has 0 fully saturated rings. The minimum Gasteiger partial charge on any atom is -0.402 e. The van der Waals surface area contributed by atoms with Gasteiger partial charge in [0.2, 0.25) is 0 Å². The minimum absolute atomic E-state index is 0.0438. The Kier molecular flexibility index (Phi) is 4.39. The van der Waals surface area contributed by atoms with Crippen LogP contribution in [-0.4, -0.2) is 35.8 Å². The topological polar surface area (TPSA) is 115 Å². The highest BCUT2D eigenvalue weighted by molar-refractivity contribution is 7.90. The second-order valence-corrected chi connectivity index (χ2v) is 8.53. The molecule has 1 amide bonds. The summed E-state index contributed by atoms with van der Waals surface area (Å²) in [7, 11) is -3.31. The maximum Gasteiger partial charge on any atom is 0.322 e. The fourth-order valence-corrected chi connectivity index (χ4v) is 3.59. The van der Waals surface area contributed by atoms with Crippen molar-refractivity contribution in [3.05, 3.63) is 40.5 Å². The first-order valence-corrected chi connectivity index (χ1v) is 9.84. The molecule has 2 aromatic heterocycles. The van der Waals surface area contributed by atoms with Crippen LogP contribution < -0.4 is 5.32 Å². The lowest BCUT2D eigenvalue weighted by Gasteiger charge is -2.02. The van der Waals surface area contributed by atoms with Crippen LogP contribution in [0.25, 0.3) is 10.8 Å². The SMILES string of the molecule is Cc1nc(C)c(-c2nnc(NC(=O)c3ccc(S(C)(=O)=O)cc3)o2)s1. The number of benzene rings is 1. The largest absolute Gasteiger partial charge is 0.402 e. The second kappa shape index (κ2) is 6.37. The van der Waals surface area contributed by atoms with E-state index in [2.05, 4.69) is 20.5 Å². The van der Waals surface area contributed by atoms with Crippen molar-refractivity contribution in [3.8, 4) is 10.8 Å². The van der Waals surface area contributed by atoms with Crippen molar-refractivity contribution in [2.45, 2.75) is 18.7 Å². The number of carbonyl (C=O) groups is 1. The van der Waals surface area contributed by atoms with Crippen LogP contribution >= 0.6 is 11.3 Å². The molecule has 0 spiro atoms. The molecule has 0 atom stereocenters. The van der Waals surface area contributed by atoms with Gasteiger partial charge in [-0.05, 0) is 38.1 Å². The van der Waals surface area contributed by atoms with E-state index in [0.29, 0.717) is 0 Å². The van der Waals surface area contributed by atoms with Crippen molar-refractivity contribution in [3.63, 3.8) is 0 Å². The highest BCUT2D eigenvalue weighted by atomic mass is 32.2. The Morgan fingerprint density at radius 1 is 1.16 bits per heavy atom. The highest BCUT2D eigenvalue weighted by Gasteiger charge is 2.17. The van der Waals surface area contributed by atoms with Crippen molar-refractivity contribution in [2.75, 3.05) is 11.6 Å². The van der Waals surface area contributed by atoms with Crippen molar-refractivity contribution in [1.29, 1.82) is 0 Å². The van der Waals surface area contributed by atoms with Crippen LogP contribution in [0.2, 0.25) is 0 Å². The third-order valence-electron chi connectivity index (χ3n) is 3.29. The molecule has 0 aliphatic heterocycles. The predicted octanol–water partition coefficient (Wildman–Crippen LogP) is 2.47. The minimum atomic E-state index is -3.31. The standard InChI is InChI=1S/C15H14N4O4S2/c1-8-12(24-9(2)16-8)14-18-19-15(23-14)17-13(20)10-4-6-11(7-5-10)25(3,21)22/h4-7H,1-3H3,(H,17,19,20). The summed E-state index contributed by atoms with van der Waals surface area (Å²) in [5, 5.41) is 11.1. The Labute approximate surface area is 147 Å². The molecule has 0 aliphatic rings. The Bertz CT molecular complexity index is 1040. The predicted molar refractivity (Wildman–Crippen MR) is 92.4 cm³/mol. The van der Waals surface area contributed by atoms with E-state index in [0.717, 1.165) is 21.8 Å². The van der Waals surface area contributed by atoms with Gasteiger partial charge >= 0.3 is 6.01 Å². The molecule has 0 saturated heterocycles. The molecule has 10 heteroatoms. The first kappa shape index (κ1) is 17.2. The number of hydrogen-bond acceptors (Lipinski definition) is 8. The highest BCUT2D eigenvalue weighted by Crippen LogP contribution is 2.29. The van der Waals surface area contributed by atoms with Gasteiger partial charge in [-0.15, -0.1) is 16.4 Å². The molecule has 3 aromatic rings. The quantitative estimate of drug-likeness (QED) is 0.741. The summed E-state index contributed by atoms with van der Waals surface area (Å²) in [6.07, 6.45) is 1.10. The molecular formula is C15H14N4O4S2. The molecule has 0 saturated carbocycles. The smallest absolute Gasteiger partial charge is 0.322 e. The molecule has 0 unspecified atom stereocenters. The van der Waals surface area contributed by atoms with E-state index in [-0.39, 0.29) is 22.4 Å². The van der Waals surface area contributed by atoms with Crippen LogP contribution in [0.4, 0.5) is 6.01 Å². The summed E-state index contributed by atoms with van der Waals surface area (Å²) in [6, 6.07) is 5.52. The van der Waals surface area contributed by atoms with Crippen molar-refractivity contribution >= 4 is 33.1 Å². The third-order valence-corrected chi connectivity index (χ3v) is 5.48. The number of aryl methyl sites for hydroxylation is 2. The van der Waals surface area contributed by atoms with Gasteiger partial charge in [0.15, 0.2) is 9.84 Å². The van der Waals surface area contributed by atoms with Crippen molar-refractivity contribution in [2.24, 2.45) is 0 Å². The van der Waals surface area contributed by atoms with Gasteiger partial charge in [-0.1, -0.05) is 5.10 Å². The van der Waals surface area contributed by atoms with E-state index in [1.54, 1.807) is 0 Å². The van der Waals surface area contributed by atoms with E-state index in [9.17, 15) is 13.2 Å². The molecule has 0 radical (unpaired) electrons. The number of nitrogens with one attached hydrogen (secondary N) is 1. The molecule has 1 aromatic carbocycles. The molecule has 0 bridgehead atoms. The first-order chi connectivity index (χ1) is 11.7. The summed E-state index contributed by atoms with van der Waals surface area (Å²) >= 11 is 1.42. The van der Waals surface area contributed by atoms with Crippen LogP contribution in [0, 0.1) is 13.8 Å². The third kappa shape index (κ3) is 3.74. The second-order valence-electron chi connectivity index (χ2n) is 5.31. The van der Waals surface area contributed by atoms with Crippen molar-refractivity contribution < 1.29 is 17.6 Å². The lowest BCUT2D eigenvalue weighted by molar-refractivity contribution is 0.102. The normalized spacial score (nSPS) is 11.5. The molecule has 2 heterocycles. The number of rotatable bonds is 4. The summed E-state index contributed by atoms with van der Waals surface area (Å²) < 4.78 is 28.3. The lowest BCUT2D eigenvalue weighted by Crippen LogP contribution is -2.12. The van der Waals surface area contributed by atoms with E-state index >= 15 is 0 Å². The van der Waals surface area contributed by atoms with Crippen LogP contribution in [0.1, 0.15) is 21.1 Å². The molecule has 0 aliphatic carbocycles. The van der Waals surface area contributed by atoms with Gasteiger partial charge in [-0.3, -0.25) is 10.1 Å². The number of nitrogens with zero attached hydrogens (tertiary/aromatic N) is 3. The Balaban J connectivity index is 1.77. The van der Waals surface area contributed by atoms with Gasteiger partial charge in [-0.2, -0.15) is 0 Å². The van der Waals surface area contributed by atoms with Gasteiger partial charge < -0.3 is 4.42 Å². The fraction of sp³-hybridized carbons (Fsp3) is 0.200. The molecule has 3 rings (SSSR count). The molecule has 130 valence electrons. The number of thiazole rings is 1. The number of amides is 1. The molecule has 8 nitrogen and oxygen atoms in total. The number of sulfone groups is 1. The van der Waals surface area contributed by atoms with E-state index in [4.69, 9.17) is 4.42 Å². The Hall–Kier alpha value is -2.59. The number of carbonyl (C=O) groups excluding carboxylic acids is 1. The van der Waals surface area contributed by atoms with Crippen LogP contribution in [0.5, 0.6) is 0 Å². The molecular weight excluding hydrogens is 364 g/mol. The van der Waals surface area contributed by atoms with Gasteiger partial charge in [0.25, 0.3) is 11.8 Å². The van der Waals surface area contributed by atoms with Gasteiger partial charge in [0.1, 0.15) is 4.88 Å². The van der Waals surface area contributed by atoms with Gasteiger partial charge in [-0.25, -0.2) is 13.4 Å². The average molecular weight is 378 g/mol. The maximum atomic E-state index is 12.2. The van der Waals surface area contributed by atoms with Gasteiger partial charge in [0, 0.05) is 11.8 Å². The average Bonchev–Trinajstić information content (AvgIpc) is 3.12. The number of aromatic nitrogens is 3. The van der Waals surface area contributed by atoms with E-state index < -0.39 is 15.7 Å². The van der Waals surface area contributed by atoms with Gasteiger partial charge in [0.05, 0.1) is 15.6 Å². The number of anilines is 1. The summed E-state index contributed by atoms with van der Waals surface area (Å²) in [4.78, 5) is 17.4. The summed E-state index contributed by atoms with van der Waals surface area (Å²) in [5.74, 6) is -0.196. The Morgan fingerprint density at radius 3 is 2.40 bits per heavy atom. The lowest BCUT2D eigenvalue weighted by atomic mass is 10.2. The first-order valence-electron chi connectivity index (χ1n) is 7.13. The van der Waals surface area contributed by atoms with Crippen LogP contribution in [-0.2, 0) is 9.84 Å². The zero-order chi connectivity index (χ0) is 18.2. The van der Waals surface area contributed by atoms with Crippen LogP contribution in [0.3, 0.4) is 0 Å². The van der Waals surface area contributed by atoms with E-state index in [1.807, 2.05) is 13.8 Å². The Morgan fingerprint density at radius 2 is 1.84 bits per heavy atom. The van der Waals surface area contributed by atoms with E-state index in [1.165, 1.54) is 35.6 Å². The molecule has 25 heavy (non-hydrogen) atoms. The molecule has 1 N–H and O–H groups in total. The van der Waals surface area contributed by atoms with Crippen molar-refractivity contribution in [1.82, 2.24) is 15.2 Å². The monoisotopic (exact) mass is 378 g/mol. The maximum absolute atomic E-state index is 12.2. The summed E-state index contributed by atoms with van der Waals surface area (Å²) in [5.41, 5.74) is 1.05. The van der Waals surface area contributed by atoms with Crippen LogP contribution in [0.15, 0.2) is 33.6 Å². The summed E-state index contributed by atoms with van der Waals surface area (Å²) in [6.45, 7) is 3.71. The zero-order valence-corrected chi connectivity index (χ0v) is 15.2. The zero-order valence-electron chi connectivity index (χ0n) is 13.6. The fourth-order valence-electron chi connectivity index (χ4n) is 2.12. The number of hydrogen-bond donors (Lipinski definition) is 1.